The minimum Gasteiger partial charge on any atom is -0.326 e. The molecule has 0 bridgehead atoms. The van der Waals surface area contributed by atoms with E-state index in [0.717, 1.165) is 12.1 Å². The fourth-order valence-electron chi connectivity index (χ4n) is 1.18. The summed E-state index contributed by atoms with van der Waals surface area (Å²) in [5, 5.41) is 12.9. The van der Waals surface area contributed by atoms with E-state index >= 15 is 0 Å². The van der Waals surface area contributed by atoms with Gasteiger partial charge in [-0.1, -0.05) is 0 Å². The largest absolute Gasteiger partial charge is 0.326 e. The molecule has 7 heteroatoms. The Hall–Kier alpha value is -1.69. The second kappa shape index (κ2) is 6.15. The molecule has 0 spiro atoms. The van der Waals surface area contributed by atoms with Gasteiger partial charge in [-0.25, -0.2) is 0 Å². The highest BCUT2D eigenvalue weighted by atomic mass is 35.5. The van der Waals surface area contributed by atoms with Gasteiger partial charge in [0.1, 0.15) is 0 Å². The number of hydrogen-bond donors (Lipinski definition) is 1. The summed E-state index contributed by atoms with van der Waals surface area (Å²) in [6.07, 6.45) is 0.728. The molecule has 0 aromatic heterocycles. The molecule has 17 heavy (non-hydrogen) atoms. The van der Waals surface area contributed by atoms with Crippen molar-refractivity contribution in [2.45, 2.75) is 12.8 Å². The van der Waals surface area contributed by atoms with Gasteiger partial charge >= 0.3 is 5.69 Å². The fourth-order valence-corrected chi connectivity index (χ4v) is 1.31. The number of halogens is 2. The van der Waals surface area contributed by atoms with Gasteiger partial charge in [0.15, 0.2) is 0 Å². The standard InChI is InChI=1S/C10H10ClFN2O3/c11-5-1-2-10(15)13-7-3-4-8(12)9(6-7)14(16)17/h3-4,6H,1-2,5H2,(H,13,15). The zero-order valence-corrected chi connectivity index (χ0v) is 9.54. The fraction of sp³-hybridized carbons (Fsp3) is 0.300. The molecule has 0 saturated carbocycles. The smallest absolute Gasteiger partial charge is 0.306 e. The van der Waals surface area contributed by atoms with Gasteiger partial charge < -0.3 is 5.32 Å². The Kier molecular flexibility index (Phi) is 4.84. The molecule has 1 aromatic carbocycles. The summed E-state index contributed by atoms with van der Waals surface area (Å²) in [4.78, 5) is 20.9. The number of carbonyl (C=O) groups excluding carboxylic acids is 1. The number of amides is 1. The van der Waals surface area contributed by atoms with Crippen LogP contribution in [-0.4, -0.2) is 16.7 Å². The van der Waals surface area contributed by atoms with Crippen molar-refractivity contribution in [1.82, 2.24) is 0 Å². The first-order valence-corrected chi connectivity index (χ1v) is 5.38. The molecule has 1 amide bonds. The van der Waals surface area contributed by atoms with Gasteiger partial charge in [-0.05, 0) is 18.6 Å². The van der Waals surface area contributed by atoms with Crippen molar-refractivity contribution in [2.75, 3.05) is 11.2 Å². The highest BCUT2D eigenvalue weighted by Crippen LogP contribution is 2.21. The number of carbonyl (C=O) groups is 1. The molecule has 0 saturated heterocycles. The van der Waals surface area contributed by atoms with E-state index in [1.54, 1.807) is 0 Å². The highest BCUT2D eigenvalue weighted by Gasteiger charge is 2.15. The van der Waals surface area contributed by atoms with E-state index in [2.05, 4.69) is 5.32 Å². The van der Waals surface area contributed by atoms with E-state index in [-0.39, 0.29) is 18.0 Å². The minimum absolute atomic E-state index is 0.192. The number of benzene rings is 1. The van der Waals surface area contributed by atoms with Gasteiger partial charge in [-0.3, -0.25) is 14.9 Å². The van der Waals surface area contributed by atoms with Gasteiger partial charge in [-0.2, -0.15) is 4.39 Å². The Bertz CT molecular complexity index is 440. The molecule has 0 aliphatic rings. The predicted molar refractivity (Wildman–Crippen MR) is 61.6 cm³/mol. The zero-order chi connectivity index (χ0) is 12.8. The number of nitro benzene ring substituents is 1. The minimum atomic E-state index is -0.936. The Balaban J connectivity index is 2.75. The maximum atomic E-state index is 13.0. The van der Waals surface area contributed by atoms with Crippen molar-refractivity contribution in [3.63, 3.8) is 0 Å². The van der Waals surface area contributed by atoms with Crippen LogP contribution in [0.15, 0.2) is 18.2 Å². The monoisotopic (exact) mass is 260 g/mol. The lowest BCUT2D eigenvalue weighted by Crippen LogP contribution is -2.11. The van der Waals surface area contributed by atoms with Crippen molar-refractivity contribution < 1.29 is 14.1 Å². The lowest BCUT2D eigenvalue weighted by molar-refractivity contribution is -0.387. The van der Waals surface area contributed by atoms with Crippen LogP contribution in [0.4, 0.5) is 15.8 Å². The van der Waals surface area contributed by atoms with Crippen molar-refractivity contribution in [1.29, 1.82) is 0 Å². The van der Waals surface area contributed by atoms with Gasteiger partial charge in [-0.15, -0.1) is 11.6 Å². The molecule has 1 aromatic rings. The molecule has 0 atom stereocenters. The summed E-state index contributed by atoms with van der Waals surface area (Å²) in [5.41, 5.74) is -0.474. The third-order valence-electron chi connectivity index (χ3n) is 1.96. The molecule has 0 aliphatic carbocycles. The van der Waals surface area contributed by atoms with Crippen LogP contribution in [0, 0.1) is 15.9 Å². The second-order valence-electron chi connectivity index (χ2n) is 3.26. The van der Waals surface area contributed by atoms with Crippen molar-refractivity contribution in [2.24, 2.45) is 0 Å². The molecule has 92 valence electrons. The summed E-state index contributed by atoms with van der Waals surface area (Å²) in [5.74, 6) is -0.892. The highest BCUT2D eigenvalue weighted by molar-refractivity contribution is 6.18. The molecular formula is C10H10ClFN2O3. The number of anilines is 1. The zero-order valence-electron chi connectivity index (χ0n) is 8.78. The van der Waals surface area contributed by atoms with Gasteiger partial charge in [0.05, 0.1) is 4.92 Å². The number of rotatable bonds is 5. The Labute approximate surface area is 102 Å². The lowest BCUT2D eigenvalue weighted by Gasteiger charge is -2.04. The second-order valence-corrected chi connectivity index (χ2v) is 3.64. The molecule has 1 N–H and O–H groups in total. The maximum absolute atomic E-state index is 13.0. The van der Waals surface area contributed by atoms with E-state index in [0.29, 0.717) is 12.3 Å². The number of nitrogens with zero attached hydrogens (tertiary/aromatic N) is 1. The first-order chi connectivity index (χ1) is 8.04. The lowest BCUT2D eigenvalue weighted by atomic mass is 10.2. The normalized spacial score (nSPS) is 10.0. The van der Waals surface area contributed by atoms with E-state index in [1.807, 2.05) is 0 Å². The van der Waals surface area contributed by atoms with E-state index in [4.69, 9.17) is 11.6 Å². The molecule has 0 heterocycles. The maximum Gasteiger partial charge on any atom is 0.306 e. The van der Waals surface area contributed by atoms with Gasteiger partial charge in [0, 0.05) is 24.1 Å². The van der Waals surface area contributed by atoms with Crippen molar-refractivity contribution in [3.8, 4) is 0 Å². The van der Waals surface area contributed by atoms with Crippen LogP contribution < -0.4 is 5.32 Å². The number of hydrogen-bond acceptors (Lipinski definition) is 3. The summed E-state index contributed by atoms with van der Waals surface area (Å²) in [6.45, 7) is 0. The topological polar surface area (TPSA) is 72.2 Å². The quantitative estimate of drug-likeness (QED) is 0.503. The van der Waals surface area contributed by atoms with Gasteiger partial charge in [0.25, 0.3) is 0 Å². The van der Waals surface area contributed by atoms with Crippen LogP contribution in [0.1, 0.15) is 12.8 Å². The SMILES string of the molecule is O=C(CCCCl)Nc1ccc(F)c([N+](=O)[O-])c1. The average molecular weight is 261 g/mol. The Morgan fingerprint density at radius 3 is 2.82 bits per heavy atom. The average Bonchev–Trinajstić information content (AvgIpc) is 2.28. The number of nitro groups is 1. The van der Waals surface area contributed by atoms with Crippen LogP contribution in [0.5, 0.6) is 0 Å². The predicted octanol–water partition coefficient (Wildman–Crippen LogP) is 2.69. The summed E-state index contributed by atoms with van der Waals surface area (Å²) in [6, 6.07) is 3.18. The molecule has 1 rings (SSSR count). The van der Waals surface area contributed by atoms with E-state index in [9.17, 15) is 19.3 Å². The number of alkyl halides is 1. The molecule has 0 aliphatic heterocycles. The molecule has 0 radical (unpaired) electrons. The van der Waals surface area contributed by atoms with Crippen molar-refractivity contribution >= 4 is 28.9 Å². The first kappa shape index (κ1) is 13.4. The van der Waals surface area contributed by atoms with Crippen LogP contribution >= 0.6 is 11.6 Å². The van der Waals surface area contributed by atoms with E-state index < -0.39 is 16.4 Å². The van der Waals surface area contributed by atoms with Crippen LogP contribution in [-0.2, 0) is 4.79 Å². The summed E-state index contributed by atoms with van der Waals surface area (Å²) in [7, 11) is 0. The first-order valence-electron chi connectivity index (χ1n) is 4.84. The third kappa shape index (κ3) is 3.99. The summed E-state index contributed by atoms with van der Waals surface area (Å²) < 4.78 is 13.0. The number of nitrogens with one attached hydrogen (secondary N) is 1. The van der Waals surface area contributed by atoms with Crippen LogP contribution in [0.25, 0.3) is 0 Å². The van der Waals surface area contributed by atoms with E-state index in [1.165, 1.54) is 6.07 Å². The van der Waals surface area contributed by atoms with Gasteiger partial charge in [0.2, 0.25) is 11.7 Å². The van der Waals surface area contributed by atoms with Crippen molar-refractivity contribution in [3.05, 3.63) is 34.1 Å². The van der Waals surface area contributed by atoms with Crippen LogP contribution in [0.3, 0.4) is 0 Å². The Morgan fingerprint density at radius 1 is 1.53 bits per heavy atom. The molecular weight excluding hydrogens is 251 g/mol. The molecule has 0 fully saturated rings. The van der Waals surface area contributed by atoms with Crippen LogP contribution in [0.2, 0.25) is 0 Å². The molecule has 0 unspecified atom stereocenters. The Morgan fingerprint density at radius 2 is 2.24 bits per heavy atom. The third-order valence-corrected chi connectivity index (χ3v) is 2.23. The molecule has 5 nitrogen and oxygen atoms in total. The summed E-state index contributed by atoms with van der Waals surface area (Å²) >= 11 is 5.42.